The fourth-order valence-electron chi connectivity index (χ4n) is 0.612. The number of carbonyl (C=O) groups excluding carboxylic acids is 1. The van der Waals surface area contributed by atoms with Crippen molar-refractivity contribution >= 4 is 12.1 Å². The summed E-state index contributed by atoms with van der Waals surface area (Å²) in [6.45, 7) is 6.10. The number of nitrogens with one attached hydrogen (secondary N) is 1. The van der Waals surface area contributed by atoms with Gasteiger partial charge in [-0.3, -0.25) is 4.99 Å². The van der Waals surface area contributed by atoms with Gasteiger partial charge in [0.15, 0.2) is 6.29 Å². The number of aliphatic imine (C=N–C) groups is 1. The van der Waals surface area contributed by atoms with E-state index in [4.69, 9.17) is 10.6 Å². The van der Waals surface area contributed by atoms with Crippen LogP contribution in [0, 0.1) is 0 Å². The molecule has 0 atom stereocenters. The second kappa shape index (κ2) is 5.66. The molecular weight excluding hydrogens is 170 g/mol. The van der Waals surface area contributed by atoms with E-state index in [0.29, 0.717) is 12.4 Å². The maximum absolute atomic E-state index is 10.5. The van der Waals surface area contributed by atoms with Gasteiger partial charge in [-0.2, -0.15) is 0 Å². The first-order valence-corrected chi connectivity index (χ1v) is 4.16. The molecule has 0 aliphatic rings. The Labute approximate surface area is 78.3 Å². The van der Waals surface area contributed by atoms with E-state index in [1.165, 1.54) is 0 Å². The molecule has 0 unspecified atom stereocenters. The van der Waals surface area contributed by atoms with Gasteiger partial charge in [-0.1, -0.05) is 0 Å². The first kappa shape index (κ1) is 12.1. The van der Waals surface area contributed by atoms with E-state index in [1.54, 1.807) is 13.8 Å². The Morgan fingerprint density at radius 3 is 2.69 bits per heavy atom. The van der Waals surface area contributed by atoms with Crippen LogP contribution in [0.3, 0.4) is 0 Å². The monoisotopic (exact) mass is 187 g/mol. The largest absolute Gasteiger partial charge is 0.360 e. The maximum Gasteiger partial charge on any atom is 0.151 e. The third kappa shape index (κ3) is 5.32. The number of hydrogen-bond acceptors (Lipinski definition) is 4. The minimum atomic E-state index is -0.786. The maximum atomic E-state index is 10.5. The van der Waals surface area contributed by atoms with Crippen molar-refractivity contribution in [2.75, 3.05) is 13.2 Å². The Hall–Kier alpha value is -0.940. The van der Waals surface area contributed by atoms with Crippen molar-refractivity contribution in [3.05, 3.63) is 0 Å². The molecule has 0 aliphatic carbocycles. The van der Waals surface area contributed by atoms with Crippen LogP contribution >= 0.6 is 0 Å². The molecule has 0 amide bonds. The standard InChI is InChI=1S/C8H17N3O2/c1-4-10-7(11-9)5-13-8(2,3)6-12/h6H,4-5,9H2,1-3H3,(H,10,11). The summed E-state index contributed by atoms with van der Waals surface area (Å²) >= 11 is 0. The lowest BCUT2D eigenvalue weighted by atomic mass is 10.2. The molecule has 0 aliphatic heterocycles. The van der Waals surface area contributed by atoms with E-state index >= 15 is 0 Å². The van der Waals surface area contributed by atoms with Crippen LogP contribution in [0.15, 0.2) is 4.99 Å². The summed E-state index contributed by atoms with van der Waals surface area (Å²) in [4.78, 5) is 14.5. The highest BCUT2D eigenvalue weighted by Gasteiger charge is 2.17. The van der Waals surface area contributed by atoms with E-state index in [-0.39, 0.29) is 6.61 Å². The molecule has 5 heteroatoms. The van der Waals surface area contributed by atoms with E-state index in [2.05, 4.69) is 10.4 Å². The average Bonchev–Trinajstić information content (AvgIpc) is 2.12. The van der Waals surface area contributed by atoms with Crippen LogP contribution in [0.4, 0.5) is 0 Å². The van der Waals surface area contributed by atoms with E-state index in [1.807, 2.05) is 6.92 Å². The van der Waals surface area contributed by atoms with Gasteiger partial charge in [0.1, 0.15) is 18.0 Å². The van der Waals surface area contributed by atoms with Gasteiger partial charge < -0.3 is 15.0 Å². The molecule has 0 aromatic heterocycles. The first-order chi connectivity index (χ1) is 6.05. The number of ether oxygens (including phenoxy) is 1. The van der Waals surface area contributed by atoms with E-state index in [0.717, 1.165) is 6.29 Å². The van der Waals surface area contributed by atoms with Crippen LogP contribution in [-0.4, -0.2) is 30.9 Å². The summed E-state index contributed by atoms with van der Waals surface area (Å²) in [5, 5.41) is 0. The van der Waals surface area contributed by atoms with Gasteiger partial charge >= 0.3 is 0 Å². The van der Waals surface area contributed by atoms with Crippen molar-refractivity contribution in [3.8, 4) is 0 Å². The third-order valence-corrected chi connectivity index (χ3v) is 1.38. The molecule has 5 nitrogen and oxygen atoms in total. The van der Waals surface area contributed by atoms with Crippen LogP contribution in [0.1, 0.15) is 20.8 Å². The molecule has 0 rings (SSSR count). The molecule has 0 spiro atoms. The number of rotatable bonds is 5. The summed E-state index contributed by atoms with van der Waals surface area (Å²) in [6, 6.07) is 0. The van der Waals surface area contributed by atoms with Crippen molar-refractivity contribution in [1.29, 1.82) is 0 Å². The quantitative estimate of drug-likeness (QED) is 0.206. The van der Waals surface area contributed by atoms with Crippen molar-refractivity contribution in [2.24, 2.45) is 10.8 Å². The number of hydrazine groups is 1. The fourth-order valence-corrected chi connectivity index (χ4v) is 0.612. The van der Waals surface area contributed by atoms with Crippen molar-refractivity contribution in [3.63, 3.8) is 0 Å². The van der Waals surface area contributed by atoms with Gasteiger partial charge in [-0.15, -0.1) is 0 Å². The van der Waals surface area contributed by atoms with Crippen LogP contribution < -0.4 is 11.3 Å². The van der Waals surface area contributed by atoms with Crippen LogP contribution in [0.2, 0.25) is 0 Å². The molecule has 0 fully saturated rings. The van der Waals surface area contributed by atoms with Gasteiger partial charge in [0, 0.05) is 6.54 Å². The van der Waals surface area contributed by atoms with Crippen LogP contribution in [0.5, 0.6) is 0 Å². The van der Waals surface area contributed by atoms with Crippen molar-refractivity contribution in [1.82, 2.24) is 5.43 Å². The number of nitrogens with zero attached hydrogens (tertiary/aromatic N) is 1. The predicted octanol–water partition coefficient (Wildman–Crippen LogP) is -0.138. The highest BCUT2D eigenvalue weighted by atomic mass is 16.5. The van der Waals surface area contributed by atoms with Crippen molar-refractivity contribution in [2.45, 2.75) is 26.4 Å². The molecule has 0 radical (unpaired) electrons. The molecule has 0 aromatic carbocycles. The minimum Gasteiger partial charge on any atom is -0.360 e. The molecular formula is C8H17N3O2. The summed E-state index contributed by atoms with van der Waals surface area (Å²) < 4.78 is 5.24. The first-order valence-electron chi connectivity index (χ1n) is 4.16. The van der Waals surface area contributed by atoms with Crippen LogP contribution in [0.25, 0.3) is 0 Å². The summed E-state index contributed by atoms with van der Waals surface area (Å²) in [5.74, 6) is 5.72. The SMILES string of the molecule is CCN=C(COC(C)(C)C=O)NN. The average molecular weight is 187 g/mol. The lowest BCUT2D eigenvalue weighted by Crippen LogP contribution is -2.38. The minimum absolute atomic E-state index is 0.218. The molecule has 0 saturated carbocycles. The molecule has 3 N–H and O–H groups in total. The molecule has 13 heavy (non-hydrogen) atoms. The topological polar surface area (TPSA) is 76.7 Å². The predicted molar refractivity (Wildman–Crippen MR) is 51.4 cm³/mol. The number of hydrogen-bond donors (Lipinski definition) is 2. The fraction of sp³-hybridized carbons (Fsp3) is 0.750. The summed E-state index contributed by atoms with van der Waals surface area (Å²) in [5.41, 5.74) is 1.62. The smallest absolute Gasteiger partial charge is 0.151 e. The molecule has 0 heterocycles. The van der Waals surface area contributed by atoms with Gasteiger partial charge in [0.05, 0.1) is 0 Å². The van der Waals surface area contributed by atoms with Crippen LogP contribution in [-0.2, 0) is 9.53 Å². The third-order valence-electron chi connectivity index (χ3n) is 1.38. The van der Waals surface area contributed by atoms with Gasteiger partial charge in [-0.05, 0) is 20.8 Å². The Bertz CT molecular complexity index is 190. The lowest BCUT2D eigenvalue weighted by molar-refractivity contribution is -0.125. The molecule has 0 bridgehead atoms. The second-order valence-electron chi connectivity index (χ2n) is 3.08. The Morgan fingerprint density at radius 1 is 1.69 bits per heavy atom. The van der Waals surface area contributed by atoms with Gasteiger partial charge in [-0.25, -0.2) is 5.84 Å². The van der Waals surface area contributed by atoms with Crippen molar-refractivity contribution < 1.29 is 9.53 Å². The zero-order valence-electron chi connectivity index (χ0n) is 8.33. The highest BCUT2D eigenvalue weighted by molar-refractivity contribution is 5.83. The summed E-state index contributed by atoms with van der Waals surface area (Å²) in [6.07, 6.45) is 0.743. The summed E-state index contributed by atoms with van der Waals surface area (Å²) in [7, 11) is 0. The zero-order valence-corrected chi connectivity index (χ0v) is 8.33. The Kier molecular flexibility index (Phi) is 5.25. The number of nitrogens with two attached hydrogens (primary N) is 1. The van der Waals surface area contributed by atoms with E-state index < -0.39 is 5.60 Å². The zero-order chi connectivity index (χ0) is 10.3. The highest BCUT2D eigenvalue weighted by Crippen LogP contribution is 2.03. The molecule has 0 aromatic rings. The number of aldehydes is 1. The van der Waals surface area contributed by atoms with Gasteiger partial charge in [0.25, 0.3) is 0 Å². The molecule has 0 saturated heterocycles. The Balaban J connectivity index is 3.99. The number of amidine groups is 1. The second-order valence-corrected chi connectivity index (χ2v) is 3.08. The Morgan fingerprint density at radius 2 is 2.31 bits per heavy atom. The lowest BCUT2D eigenvalue weighted by Gasteiger charge is -2.18. The normalized spacial score (nSPS) is 12.8. The number of carbonyl (C=O) groups is 1. The van der Waals surface area contributed by atoms with E-state index in [9.17, 15) is 4.79 Å². The van der Waals surface area contributed by atoms with Gasteiger partial charge in [0.2, 0.25) is 0 Å². The molecule has 76 valence electrons.